The molecule has 3 unspecified atom stereocenters. The molecular formula is C16H18ClF3N2O2. The van der Waals surface area contributed by atoms with E-state index in [1.165, 1.54) is 0 Å². The largest absolute Gasteiger partial charge is 0.408 e. The van der Waals surface area contributed by atoms with Crippen molar-refractivity contribution in [2.24, 2.45) is 5.92 Å². The Morgan fingerprint density at radius 1 is 1.33 bits per heavy atom. The zero-order chi connectivity index (χ0) is 17.9. The summed E-state index contributed by atoms with van der Waals surface area (Å²) >= 11 is 5.82. The highest BCUT2D eigenvalue weighted by Crippen LogP contribution is 2.29. The third-order valence-electron chi connectivity index (χ3n) is 4.09. The molecule has 2 amide bonds. The fourth-order valence-electron chi connectivity index (χ4n) is 2.69. The molecule has 132 valence electrons. The Balaban J connectivity index is 2.01. The smallest absolute Gasteiger partial charge is 0.349 e. The van der Waals surface area contributed by atoms with Crippen LogP contribution in [0.5, 0.6) is 0 Å². The molecule has 3 atom stereocenters. The molecule has 0 aliphatic carbocycles. The molecule has 1 heterocycles. The van der Waals surface area contributed by atoms with Crippen molar-refractivity contribution in [1.29, 1.82) is 0 Å². The number of alkyl halides is 3. The predicted molar refractivity (Wildman–Crippen MR) is 83.3 cm³/mol. The number of piperidine rings is 1. The van der Waals surface area contributed by atoms with Gasteiger partial charge >= 0.3 is 6.18 Å². The molecule has 0 aromatic heterocycles. The zero-order valence-corrected chi connectivity index (χ0v) is 13.7. The minimum Gasteiger partial charge on any atom is -0.349 e. The van der Waals surface area contributed by atoms with Crippen molar-refractivity contribution in [3.63, 3.8) is 0 Å². The van der Waals surface area contributed by atoms with Crippen LogP contribution >= 0.6 is 11.6 Å². The molecule has 24 heavy (non-hydrogen) atoms. The summed E-state index contributed by atoms with van der Waals surface area (Å²) in [6.45, 7) is 1.86. The maximum Gasteiger partial charge on any atom is 0.408 e. The Labute approximate surface area is 142 Å². The van der Waals surface area contributed by atoms with E-state index in [0.717, 1.165) is 5.56 Å². The van der Waals surface area contributed by atoms with Gasteiger partial charge in [-0.1, -0.05) is 30.7 Å². The average Bonchev–Trinajstić information content (AvgIpc) is 2.52. The van der Waals surface area contributed by atoms with Gasteiger partial charge in [-0.3, -0.25) is 9.59 Å². The first kappa shape index (κ1) is 18.6. The van der Waals surface area contributed by atoms with E-state index in [4.69, 9.17) is 11.6 Å². The highest BCUT2D eigenvalue weighted by molar-refractivity contribution is 6.30. The lowest BCUT2D eigenvalue weighted by Gasteiger charge is -2.30. The molecule has 1 aliphatic heterocycles. The monoisotopic (exact) mass is 362 g/mol. The van der Waals surface area contributed by atoms with Crippen molar-refractivity contribution >= 4 is 23.4 Å². The molecular weight excluding hydrogens is 345 g/mol. The van der Waals surface area contributed by atoms with Crippen molar-refractivity contribution in [2.75, 3.05) is 0 Å². The van der Waals surface area contributed by atoms with E-state index >= 15 is 0 Å². The second-order valence-electron chi connectivity index (χ2n) is 5.75. The van der Waals surface area contributed by atoms with Gasteiger partial charge in [0, 0.05) is 5.02 Å². The van der Waals surface area contributed by atoms with Crippen LogP contribution in [0.2, 0.25) is 5.02 Å². The number of carbonyl (C=O) groups excluding carboxylic acids is 2. The fourth-order valence-corrected chi connectivity index (χ4v) is 2.82. The molecule has 8 heteroatoms. The van der Waals surface area contributed by atoms with Gasteiger partial charge in [0.2, 0.25) is 11.8 Å². The second kappa shape index (κ2) is 7.42. The highest BCUT2D eigenvalue weighted by Gasteiger charge is 2.46. The maximum atomic E-state index is 12.6. The van der Waals surface area contributed by atoms with Gasteiger partial charge in [-0.15, -0.1) is 0 Å². The number of carbonyl (C=O) groups is 2. The summed E-state index contributed by atoms with van der Waals surface area (Å²) in [6, 6.07) is 4.68. The quantitative estimate of drug-likeness (QED) is 0.807. The number of halogens is 4. The molecule has 0 bridgehead atoms. The number of hydrogen-bond donors (Lipinski definition) is 2. The summed E-state index contributed by atoms with van der Waals surface area (Å²) in [7, 11) is 0. The van der Waals surface area contributed by atoms with E-state index in [-0.39, 0.29) is 18.9 Å². The first-order valence-corrected chi connectivity index (χ1v) is 8.03. The predicted octanol–water partition coefficient (Wildman–Crippen LogP) is 3.36. The lowest BCUT2D eigenvalue weighted by molar-refractivity contribution is -0.171. The van der Waals surface area contributed by atoms with E-state index in [1.54, 1.807) is 24.3 Å². The fraction of sp³-hybridized carbons (Fsp3) is 0.500. The maximum absolute atomic E-state index is 12.6. The van der Waals surface area contributed by atoms with Crippen LogP contribution in [0.15, 0.2) is 24.3 Å². The molecule has 1 aliphatic rings. The lowest BCUT2D eigenvalue weighted by Crippen LogP contribution is -2.54. The number of nitrogens with one attached hydrogen (secondary N) is 2. The Kier molecular flexibility index (Phi) is 5.74. The van der Waals surface area contributed by atoms with Crippen LogP contribution in [0.3, 0.4) is 0 Å². The number of hydrogen-bond acceptors (Lipinski definition) is 2. The molecule has 1 fully saturated rings. The third-order valence-corrected chi connectivity index (χ3v) is 4.34. The summed E-state index contributed by atoms with van der Waals surface area (Å²) in [6.07, 6.45) is -4.34. The zero-order valence-electron chi connectivity index (χ0n) is 13.0. The van der Waals surface area contributed by atoms with Crippen LogP contribution in [0.4, 0.5) is 13.2 Å². The van der Waals surface area contributed by atoms with Gasteiger partial charge in [0.15, 0.2) is 0 Å². The molecule has 2 N–H and O–H groups in total. The van der Waals surface area contributed by atoms with Gasteiger partial charge in [0.05, 0.1) is 6.04 Å². The summed E-state index contributed by atoms with van der Waals surface area (Å²) < 4.78 is 37.9. The van der Waals surface area contributed by atoms with Crippen LogP contribution in [-0.4, -0.2) is 24.0 Å². The summed E-state index contributed by atoms with van der Waals surface area (Å²) in [5.74, 6) is -2.55. The number of benzene rings is 1. The SMILES string of the molecule is CCC(NC(=O)C1CCC(C(F)(F)F)NC1=O)c1ccc(Cl)cc1. The van der Waals surface area contributed by atoms with Gasteiger partial charge in [0.25, 0.3) is 0 Å². The molecule has 0 radical (unpaired) electrons. The van der Waals surface area contributed by atoms with E-state index < -0.39 is 30.0 Å². The van der Waals surface area contributed by atoms with Gasteiger partial charge in [-0.05, 0) is 37.0 Å². The van der Waals surface area contributed by atoms with Gasteiger partial charge < -0.3 is 10.6 Å². The second-order valence-corrected chi connectivity index (χ2v) is 6.19. The minimum atomic E-state index is -4.49. The average molecular weight is 363 g/mol. The van der Waals surface area contributed by atoms with Crippen LogP contribution in [0.25, 0.3) is 0 Å². The molecule has 1 saturated heterocycles. The molecule has 0 spiro atoms. The van der Waals surface area contributed by atoms with Crippen LogP contribution < -0.4 is 10.6 Å². The van der Waals surface area contributed by atoms with Crippen molar-refractivity contribution in [3.05, 3.63) is 34.9 Å². The molecule has 2 rings (SSSR count). The molecule has 1 aromatic carbocycles. The van der Waals surface area contributed by atoms with Crippen LogP contribution in [-0.2, 0) is 9.59 Å². The van der Waals surface area contributed by atoms with E-state index in [2.05, 4.69) is 5.32 Å². The molecule has 1 aromatic rings. The van der Waals surface area contributed by atoms with Crippen LogP contribution in [0, 0.1) is 5.92 Å². The topological polar surface area (TPSA) is 58.2 Å². The summed E-state index contributed by atoms with van der Waals surface area (Å²) in [4.78, 5) is 24.1. The summed E-state index contributed by atoms with van der Waals surface area (Å²) in [5.41, 5.74) is 0.819. The van der Waals surface area contributed by atoms with Crippen molar-refractivity contribution in [3.8, 4) is 0 Å². The standard InChI is InChI=1S/C16H18ClF3N2O2/c1-2-12(9-3-5-10(17)6-4-9)21-14(23)11-7-8-13(16(18,19)20)22-15(11)24/h3-6,11-13H,2,7-8H2,1H3,(H,21,23)(H,22,24). The third kappa shape index (κ3) is 4.41. The number of amides is 2. The van der Waals surface area contributed by atoms with Crippen LogP contribution in [0.1, 0.15) is 37.8 Å². The van der Waals surface area contributed by atoms with E-state index in [0.29, 0.717) is 11.4 Å². The lowest BCUT2D eigenvalue weighted by atomic mass is 9.92. The van der Waals surface area contributed by atoms with E-state index in [9.17, 15) is 22.8 Å². The van der Waals surface area contributed by atoms with E-state index in [1.807, 2.05) is 12.2 Å². The summed E-state index contributed by atoms with van der Waals surface area (Å²) in [5, 5.41) is 5.18. The Morgan fingerprint density at radius 3 is 2.46 bits per heavy atom. The Morgan fingerprint density at radius 2 is 1.96 bits per heavy atom. The Bertz CT molecular complexity index is 604. The van der Waals surface area contributed by atoms with Gasteiger partial charge in [-0.2, -0.15) is 13.2 Å². The first-order chi connectivity index (χ1) is 11.2. The number of rotatable bonds is 4. The van der Waals surface area contributed by atoms with Crippen molar-refractivity contribution in [2.45, 2.75) is 44.4 Å². The molecule has 4 nitrogen and oxygen atoms in total. The minimum absolute atomic E-state index is 0.126. The normalized spacial score (nSPS) is 22.6. The van der Waals surface area contributed by atoms with Crippen molar-refractivity contribution < 1.29 is 22.8 Å². The van der Waals surface area contributed by atoms with Gasteiger partial charge in [-0.25, -0.2) is 0 Å². The Hall–Kier alpha value is -1.76. The highest BCUT2D eigenvalue weighted by atomic mass is 35.5. The van der Waals surface area contributed by atoms with Crippen molar-refractivity contribution in [1.82, 2.24) is 10.6 Å². The molecule has 0 saturated carbocycles. The van der Waals surface area contributed by atoms with Gasteiger partial charge in [0.1, 0.15) is 12.0 Å². The first-order valence-electron chi connectivity index (χ1n) is 7.65.